The molecule has 1 atom stereocenters. The number of hydrogen-bond acceptors (Lipinski definition) is 6. The molecule has 1 aliphatic carbocycles. The van der Waals surface area contributed by atoms with E-state index in [1.54, 1.807) is 36.3 Å². The molecule has 2 aromatic carbocycles. The van der Waals surface area contributed by atoms with E-state index in [4.69, 9.17) is 14.2 Å². The highest BCUT2D eigenvalue weighted by atomic mass is 16.6. The summed E-state index contributed by atoms with van der Waals surface area (Å²) >= 11 is 0. The van der Waals surface area contributed by atoms with Crippen molar-refractivity contribution in [3.63, 3.8) is 0 Å². The topological polar surface area (TPSA) is 85.3 Å². The fourth-order valence-corrected chi connectivity index (χ4v) is 4.95. The third kappa shape index (κ3) is 3.28. The van der Waals surface area contributed by atoms with Gasteiger partial charge in [0.05, 0.1) is 18.7 Å². The molecule has 1 N–H and O–H groups in total. The highest BCUT2D eigenvalue weighted by Crippen LogP contribution is 2.46. The Morgan fingerprint density at radius 2 is 1.75 bits per heavy atom. The molecule has 0 bridgehead atoms. The fraction of sp³-hybridized carbons (Fsp3) is 0.360. The molecule has 1 amide bonds. The second kappa shape index (κ2) is 8.22. The third-order valence-electron chi connectivity index (χ3n) is 6.45. The number of aliphatic hydroxyl groups excluding tert-OH is 1. The minimum absolute atomic E-state index is 0.0491. The van der Waals surface area contributed by atoms with Crippen molar-refractivity contribution in [1.29, 1.82) is 0 Å². The van der Waals surface area contributed by atoms with Gasteiger partial charge in [0.1, 0.15) is 24.7 Å². The molecule has 7 heteroatoms. The van der Waals surface area contributed by atoms with Crippen LogP contribution < -0.4 is 14.2 Å². The van der Waals surface area contributed by atoms with Crippen molar-refractivity contribution in [3.8, 4) is 17.2 Å². The maximum Gasteiger partial charge on any atom is 0.295 e. The van der Waals surface area contributed by atoms with Gasteiger partial charge in [-0.1, -0.05) is 31.0 Å². The summed E-state index contributed by atoms with van der Waals surface area (Å²) in [6, 6.07) is 11.6. The minimum atomic E-state index is -0.720. The molecule has 1 saturated carbocycles. The number of amides is 1. The highest BCUT2D eigenvalue weighted by molar-refractivity contribution is 6.46. The molecule has 0 aromatic heterocycles. The molecule has 7 nitrogen and oxygen atoms in total. The van der Waals surface area contributed by atoms with E-state index >= 15 is 0 Å². The van der Waals surface area contributed by atoms with Crippen molar-refractivity contribution in [3.05, 3.63) is 59.2 Å². The van der Waals surface area contributed by atoms with Crippen LogP contribution in [0.5, 0.6) is 17.2 Å². The summed E-state index contributed by atoms with van der Waals surface area (Å²) in [6.07, 6.45) is 3.69. The molecule has 2 heterocycles. The van der Waals surface area contributed by atoms with E-state index in [9.17, 15) is 14.7 Å². The number of carbonyl (C=O) groups is 2. The predicted molar refractivity (Wildman–Crippen MR) is 117 cm³/mol. The van der Waals surface area contributed by atoms with E-state index in [2.05, 4.69) is 0 Å². The number of methoxy groups -OCH3 is 1. The SMILES string of the molecule is COc1ccccc1C1/C(=C(\O)c2ccc3c(c2)OCCO3)C(=O)C(=O)N1C1CCCC1. The minimum Gasteiger partial charge on any atom is -0.507 e. The lowest BCUT2D eigenvalue weighted by atomic mass is 9.94. The van der Waals surface area contributed by atoms with Crippen molar-refractivity contribution in [1.82, 2.24) is 4.90 Å². The van der Waals surface area contributed by atoms with Crippen LogP contribution >= 0.6 is 0 Å². The first-order chi connectivity index (χ1) is 15.6. The molecular weight excluding hydrogens is 410 g/mol. The Morgan fingerprint density at radius 3 is 2.50 bits per heavy atom. The van der Waals surface area contributed by atoms with Gasteiger partial charge < -0.3 is 24.2 Å². The number of benzene rings is 2. The van der Waals surface area contributed by atoms with Crippen LogP contribution in [0.2, 0.25) is 0 Å². The van der Waals surface area contributed by atoms with Gasteiger partial charge in [-0.2, -0.15) is 0 Å². The molecule has 1 unspecified atom stereocenters. The predicted octanol–water partition coefficient (Wildman–Crippen LogP) is 3.83. The Kier molecular flexibility index (Phi) is 5.25. The van der Waals surface area contributed by atoms with E-state index in [-0.39, 0.29) is 17.4 Å². The summed E-state index contributed by atoms with van der Waals surface area (Å²) in [5.74, 6) is 0.166. The third-order valence-corrected chi connectivity index (χ3v) is 6.45. The number of aliphatic hydroxyl groups is 1. The lowest BCUT2D eigenvalue weighted by Gasteiger charge is -2.31. The lowest BCUT2D eigenvalue weighted by molar-refractivity contribution is -0.141. The Bertz CT molecular complexity index is 1100. The van der Waals surface area contributed by atoms with Crippen molar-refractivity contribution in [2.24, 2.45) is 0 Å². The van der Waals surface area contributed by atoms with Crippen LogP contribution in [0.3, 0.4) is 0 Å². The molecule has 0 spiro atoms. The van der Waals surface area contributed by atoms with E-state index in [0.717, 1.165) is 25.7 Å². The lowest BCUT2D eigenvalue weighted by Crippen LogP contribution is -2.37. The maximum atomic E-state index is 13.3. The highest BCUT2D eigenvalue weighted by Gasteiger charge is 2.50. The number of Topliss-reactive ketones (excluding diaryl/α,β-unsaturated/α-hetero) is 1. The number of ether oxygens (including phenoxy) is 3. The molecule has 2 aromatic rings. The molecular formula is C25H25NO6. The summed E-state index contributed by atoms with van der Waals surface area (Å²) in [6.45, 7) is 0.864. The summed E-state index contributed by atoms with van der Waals surface area (Å²) in [4.78, 5) is 28.1. The van der Waals surface area contributed by atoms with Crippen molar-refractivity contribution in [2.45, 2.75) is 37.8 Å². The fourth-order valence-electron chi connectivity index (χ4n) is 4.95. The second-order valence-corrected chi connectivity index (χ2v) is 8.25. The van der Waals surface area contributed by atoms with Crippen molar-refractivity contribution in [2.75, 3.05) is 20.3 Å². The number of para-hydroxylation sites is 1. The summed E-state index contributed by atoms with van der Waals surface area (Å²) < 4.78 is 16.8. The van der Waals surface area contributed by atoms with Crippen molar-refractivity contribution < 1.29 is 28.9 Å². The Balaban J connectivity index is 1.68. The van der Waals surface area contributed by atoms with Gasteiger partial charge in [0, 0.05) is 17.2 Å². The largest absolute Gasteiger partial charge is 0.507 e. The Hall–Kier alpha value is -3.48. The number of likely N-dealkylation sites (tertiary alicyclic amines) is 1. The van der Waals surface area contributed by atoms with E-state index in [1.807, 2.05) is 18.2 Å². The van der Waals surface area contributed by atoms with Crippen molar-refractivity contribution >= 4 is 17.4 Å². The van der Waals surface area contributed by atoms with Gasteiger partial charge in [-0.25, -0.2) is 0 Å². The first-order valence-corrected chi connectivity index (χ1v) is 10.9. The number of fused-ring (bicyclic) bond motifs is 1. The van der Waals surface area contributed by atoms with E-state index < -0.39 is 17.7 Å². The van der Waals surface area contributed by atoms with Crippen LogP contribution in [0.4, 0.5) is 0 Å². The van der Waals surface area contributed by atoms with Gasteiger partial charge in [0.15, 0.2) is 11.5 Å². The Labute approximate surface area is 186 Å². The van der Waals surface area contributed by atoms with Crippen LogP contribution in [-0.4, -0.2) is 48.1 Å². The van der Waals surface area contributed by atoms with Gasteiger partial charge in [-0.05, 0) is 37.1 Å². The van der Waals surface area contributed by atoms with Crippen LogP contribution in [0, 0.1) is 0 Å². The molecule has 166 valence electrons. The van der Waals surface area contributed by atoms with Gasteiger partial charge in [-0.3, -0.25) is 9.59 Å². The zero-order valence-electron chi connectivity index (χ0n) is 17.9. The number of ketones is 1. The van der Waals surface area contributed by atoms with Gasteiger partial charge in [-0.15, -0.1) is 0 Å². The first kappa shape index (κ1) is 20.4. The molecule has 3 aliphatic rings. The van der Waals surface area contributed by atoms with E-state index in [1.165, 1.54) is 0 Å². The summed E-state index contributed by atoms with van der Waals surface area (Å²) in [5, 5.41) is 11.3. The smallest absolute Gasteiger partial charge is 0.295 e. The monoisotopic (exact) mass is 435 g/mol. The number of rotatable bonds is 4. The van der Waals surface area contributed by atoms with Gasteiger partial charge >= 0.3 is 0 Å². The molecule has 2 fully saturated rings. The zero-order valence-corrected chi connectivity index (χ0v) is 17.9. The average molecular weight is 435 g/mol. The van der Waals surface area contributed by atoms with E-state index in [0.29, 0.717) is 41.6 Å². The van der Waals surface area contributed by atoms with Crippen LogP contribution in [0.1, 0.15) is 42.9 Å². The van der Waals surface area contributed by atoms with Crippen LogP contribution in [0.15, 0.2) is 48.0 Å². The molecule has 0 radical (unpaired) electrons. The van der Waals surface area contributed by atoms with Crippen LogP contribution in [-0.2, 0) is 9.59 Å². The zero-order chi connectivity index (χ0) is 22.2. The Morgan fingerprint density at radius 1 is 1.03 bits per heavy atom. The standard InChI is InChI=1S/C25H25NO6/c1-30-18-9-5-4-8-17(18)22-21(24(28)25(29)26(22)16-6-2-3-7-16)23(27)15-10-11-19-20(14-15)32-13-12-31-19/h4-5,8-11,14,16,22,27H,2-3,6-7,12-13H2,1H3/b23-21+. The first-order valence-electron chi connectivity index (χ1n) is 10.9. The number of nitrogens with zero attached hydrogens (tertiary/aromatic N) is 1. The maximum absolute atomic E-state index is 13.3. The molecule has 1 saturated heterocycles. The molecule has 5 rings (SSSR count). The van der Waals surface area contributed by atoms with Crippen LogP contribution in [0.25, 0.3) is 5.76 Å². The average Bonchev–Trinajstić information content (AvgIpc) is 3.45. The summed E-state index contributed by atoms with van der Waals surface area (Å²) in [5.41, 5.74) is 1.15. The molecule has 32 heavy (non-hydrogen) atoms. The molecule has 2 aliphatic heterocycles. The quantitative estimate of drug-likeness (QED) is 0.446. The summed E-state index contributed by atoms with van der Waals surface area (Å²) in [7, 11) is 1.56. The normalized spacial score (nSPS) is 22.4. The van der Waals surface area contributed by atoms with Gasteiger partial charge in [0.2, 0.25) is 0 Å². The van der Waals surface area contributed by atoms with Gasteiger partial charge in [0.25, 0.3) is 11.7 Å². The number of carbonyl (C=O) groups excluding carboxylic acids is 2. The second-order valence-electron chi connectivity index (χ2n) is 8.25. The number of hydrogen-bond donors (Lipinski definition) is 1.